The number of carbonyl (C=O) groups is 2. The van der Waals surface area contributed by atoms with Gasteiger partial charge in [-0.2, -0.15) is 0 Å². The Labute approximate surface area is 218 Å². The van der Waals surface area contributed by atoms with Crippen LogP contribution in [0, 0.1) is 6.92 Å². The van der Waals surface area contributed by atoms with Gasteiger partial charge in [0.25, 0.3) is 10.0 Å². The monoisotopic (exact) mass is 545 g/mol. The number of hydrogen-bond acceptors (Lipinski definition) is 6. The Morgan fingerprint density at radius 3 is 2.64 bits per heavy atom. The fourth-order valence-corrected chi connectivity index (χ4v) is 6.21. The molecule has 3 heterocycles. The van der Waals surface area contributed by atoms with Crippen molar-refractivity contribution in [3.8, 4) is 0 Å². The third-order valence-electron chi connectivity index (χ3n) is 6.05. The summed E-state index contributed by atoms with van der Waals surface area (Å²) in [5.41, 5.74) is 2.42. The number of carbonyl (C=O) groups excluding carboxylic acids is 2. The zero-order chi connectivity index (χ0) is 25.4. The number of halogens is 1. The molecule has 1 aliphatic rings. The van der Waals surface area contributed by atoms with Crippen LogP contribution in [0.4, 0.5) is 10.8 Å². The van der Waals surface area contributed by atoms with E-state index in [0.717, 1.165) is 16.6 Å². The van der Waals surface area contributed by atoms with Crippen LogP contribution in [-0.4, -0.2) is 54.3 Å². The predicted molar refractivity (Wildman–Crippen MR) is 142 cm³/mol. The molecule has 4 aromatic rings. The molecule has 1 saturated heterocycles. The van der Waals surface area contributed by atoms with Gasteiger partial charge in [-0.05, 0) is 55.5 Å². The molecule has 9 nitrogen and oxygen atoms in total. The molecule has 0 unspecified atom stereocenters. The van der Waals surface area contributed by atoms with E-state index in [2.05, 4.69) is 9.71 Å². The minimum Gasteiger partial charge on any atom is -0.335 e. The fourth-order valence-electron chi connectivity index (χ4n) is 4.24. The van der Waals surface area contributed by atoms with Crippen molar-refractivity contribution in [2.75, 3.05) is 29.3 Å². The molecule has 188 valence electrons. The summed E-state index contributed by atoms with van der Waals surface area (Å²) >= 11 is 7.27. The largest absolute Gasteiger partial charge is 0.335 e. The number of rotatable bonds is 6. The molecule has 1 fully saturated rings. The lowest BCUT2D eigenvalue weighted by Crippen LogP contribution is -2.53. The molecule has 5 rings (SSSR count). The van der Waals surface area contributed by atoms with Crippen LogP contribution in [0.1, 0.15) is 7.12 Å². The van der Waals surface area contributed by atoms with Crippen molar-refractivity contribution in [1.29, 1.82) is 0 Å². The van der Waals surface area contributed by atoms with E-state index in [-0.39, 0.29) is 36.4 Å². The maximum atomic E-state index is 13.0. The third-order valence-corrected chi connectivity index (χ3v) is 8.46. The van der Waals surface area contributed by atoms with Crippen LogP contribution in [-0.2, 0) is 26.2 Å². The number of nitrogens with zero attached hydrogens (tertiary/aromatic N) is 4. The Morgan fingerprint density at radius 2 is 1.94 bits per heavy atom. The zero-order valence-electron chi connectivity index (χ0n) is 19.2. The second kappa shape index (κ2) is 9.57. The molecule has 2 aromatic carbocycles. The van der Waals surface area contributed by atoms with Gasteiger partial charge in [0.2, 0.25) is 11.8 Å². The Bertz CT molecular complexity index is 1560. The lowest BCUT2D eigenvalue weighted by atomic mass is 10.2. The first-order valence-corrected chi connectivity index (χ1v) is 13.8. The summed E-state index contributed by atoms with van der Waals surface area (Å²) in [5, 5.41) is 3.55. The molecular formula is C24H24ClN5O4S2. The first-order valence-electron chi connectivity index (χ1n) is 11.1. The molecule has 1 N–H and O–H groups in total. The SMILES string of the molecule is Cc1cc2cc(Cl)ccc2n1CC(=O)N1CCN(c2ccc(S(=O)(=O)Nc3nccs3)cc2)C(=O)C1.[HH]. The van der Waals surface area contributed by atoms with Crippen molar-refractivity contribution in [1.82, 2.24) is 14.5 Å². The van der Waals surface area contributed by atoms with E-state index >= 15 is 0 Å². The molecule has 36 heavy (non-hydrogen) atoms. The van der Waals surface area contributed by atoms with Crippen LogP contribution in [0.2, 0.25) is 5.02 Å². The normalized spacial score (nSPS) is 14.4. The topological polar surface area (TPSA) is 105 Å². The highest BCUT2D eigenvalue weighted by Gasteiger charge is 2.29. The number of benzene rings is 2. The van der Waals surface area contributed by atoms with Crippen LogP contribution < -0.4 is 9.62 Å². The summed E-state index contributed by atoms with van der Waals surface area (Å²) < 4.78 is 29.4. The molecule has 2 amide bonds. The Balaban J connectivity index is 0.00000320. The Morgan fingerprint density at radius 1 is 1.17 bits per heavy atom. The Kier molecular flexibility index (Phi) is 6.45. The fraction of sp³-hybridized carbons (Fsp3) is 0.208. The molecule has 2 aromatic heterocycles. The number of hydrogen-bond donors (Lipinski definition) is 1. The maximum absolute atomic E-state index is 13.0. The molecule has 0 atom stereocenters. The number of aryl methyl sites for hydroxylation is 1. The van der Waals surface area contributed by atoms with Crippen LogP contribution in [0.3, 0.4) is 0 Å². The Hall–Kier alpha value is -3.41. The van der Waals surface area contributed by atoms with E-state index in [1.54, 1.807) is 33.4 Å². The van der Waals surface area contributed by atoms with Gasteiger partial charge in [0, 0.05) is 53.4 Å². The molecule has 0 saturated carbocycles. The van der Waals surface area contributed by atoms with Crippen molar-refractivity contribution < 1.29 is 19.4 Å². The predicted octanol–water partition coefficient (Wildman–Crippen LogP) is 3.98. The van der Waals surface area contributed by atoms with Gasteiger partial charge in [-0.15, -0.1) is 11.3 Å². The molecular weight excluding hydrogens is 522 g/mol. The summed E-state index contributed by atoms with van der Waals surface area (Å²) in [6, 6.07) is 13.6. The number of amides is 2. The van der Waals surface area contributed by atoms with Gasteiger partial charge in [-0.1, -0.05) is 11.6 Å². The van der Waals surface area contributed by atoms with Crippen molar-refractivity contribution in [2.24, 2.45) is 0 Å². The second-order valence-corrected chi connectivity index (χ2v) is 11.4. The number of thiazole rings is 1. The minimum atomic E-state index is -3.78. The third kappa shape index (κ3) is 4.81. The van der Waals surface area contributed by atoms with Crippen molar-refractivity contribution in [3.63, 3.8) is 0 Å². The van der Waals surface area contributed by atoms with Gasteiger partial charge in [0.05, 0.1) is 4.90 Å². The van der Waals surface area contributed by atoms with E-state index in [4.69, 9.17) is 11.6 Å². The van der Waals surface area contributed by atoms with Crippen LogP contribution in [0.5, 0.6) is 0 Å². The average molecular weight is 546 g/mol. The van der Waals surface area contributed by atoms with E-state index < -0.39 is 10.0 Å². The van der Waals surface area contributed by atoms with Gasteiger partial charge >= 0.3 is 0 Å². The van der Waals surface area contributed by atoms with Gasteiger partial charge in [0.1, 0.15) is 13.1 Å². The summed E-state index contributed by atoms with van der Waals surface area (Å²) in [5.74, 6) is -0.375. The number of anilines is 2. The summed E-state index contributed by atoms with van der Waals surface area (Å²) in [6.07, 6.45) is 1.51. The average Bonchev–Trinajstić information content (AvgIpc) is 3.45. The maximum Gasteiger partial charge on any atom is 0.263 e. The van der Waals surface area contributed by atoms with Crippen molar-refractivity contribution in [2.45, 2.75) is 18.4 Å². The number of fused-ring (bicyclic) bond motifs is 1. The minimum absolute atomic E-state index is 0. The molecule has 12 heteroatoms. The quantitative estimate of drug-likeness (QED) is 0.394. The number of piperazine rings is 1. The molecule has 1 aliphatic heterocycles. The highest BCUT2D eigenvalue weighted by Crippen LogP contribution is 2.25. The standard InChI is InChI=1S/C24H22ClN5O4S2.H2/c1-16-12-17-13-18(25)2-7-21(17)30(16)15-22(31)28-9-10-29(23(32)14-28)19-3-5-20(6-4-19)36(33,34)27-24-26-8-11-35-24;/h2-8,11-13H,9-10,14-15H2,1H3,(H,26,27);1H. The van der Waals surface area contributed by atoms with Crippen LogP contribution in [0.15, 0.2) is 65.0 Å². The lowest BCUT2D eigenvalue weighted by molar-refractivity contribution is -0.137. The van der Waals surface area contributed by atoms with Crippen molar-refractivity contribution >= 4 is 66.5 Å². The molecule has 0 radical (unpaired) electrons. The van der Waals surface area contributed by atoms with Gasteiger partial charge < -0.3 is 14.4 Å². The first-order chi connectivity index (χ1) is 17.2. The van der Waals surface area contributed by atoms with Gasteiger partial charge in [0.15, 0.2) is 5.13 Å². The van der Waals surface area contributed by atoms with E-state index in [0.29, 0.717) is 23.8 Å². The number of nitrogens with one attached hydrogen (secondary N) is 1. The molecule has 0 spiro atoms. The van der Waals surface area contributed by atoms with E-state index in [9.17, 15) is 18.0 Å². The number of aromatic nitrogens is 2. The second-order valence-electron chi connectivity index (χ2n) is 8.37. The van der Waals surface area contributed by atoms with E-state index in [1.807, 2.05) is 29.7 Å². The number of sulfonamides is 1. The zero-order valence-corrected chi connectivity index (χ0v) is 21.6. The summed E-state index contributed by atoms with van der Waals surface area (Å²) in [6.45, 7) is 2.70. The first kappa shape index (κ1) is 24.3. The van der Waals surface area contributed by atoms with E-state index in [1.165, 1.54) is 29.7 Å². The summed E-state index contributed by atoms with van der Waals surface area (Å²) in [4.78, 5) is 33.0. The summed E-state index contributed by atoms with van der Waals surface area (Å²) in [7, 11) is -3.78. The van der Waals surface area contributed by atoms with Crippen LogP contribution in [0.25, 0.3) is 10.9 Å². The lowest BCUT2D eigenvalue weighted by Gasteiger charge is -2.34. The molecule has 0 aliphatic carbocycles. The molecule has 0 bridgehead atoms. The highest BCUT2D eigenvalue weighted by atomic mass is 35.5. The smallest absolute Gasteiger partial charge is 0.263 e. The van der Waals surface area contributed by atoms with Gasteiger partial charge in [-0.25, -0.2) is 13.4 Å². The van der Waals surface area contributed by atoms with Crippen molar-refractivity contribution in [3.05, 3.63) is 70.8 Å². The van der Waals surface area contributed by atoms with Gasteiger partial charge in [-0.3, -0.25) is 14.3 Å². The highest BCUT2D eigenvalue weighted by molar-refractivity contribution is 7.93. The van der Waals surface area contributed by atoms with Crippen LogP contribution >= 0.6 is 22.9 Å².